The fourth-order valence-corrected chi connectivity index (χ4v) is 3.13. The van der Waals surface area contributed by atoms with E-state index in [4.69, 9.17) is 0 Å². The molecule has 0 amide bonds. The van der Waals surface area contributed by atoms with Gasteiger partial charge in [0.05, 0.1) is 16.3 Å². The number of halogens is 4. The molecule has 142 valence electrons. The summed E-state index contributed by atoms with van der Waals surface area (Å²) < 4.78 is 76.6. The predicted octanol–water partition coefficient (Wildman–Crippen LogP) is 4.35. The Morgan fingerprint density at radius 3 is 2.07 bits per heavy atom. The molecule has 2 aromatic carbocycles. The quantitative estimate of drug-likeness (QED) is 0.650. The molecule has 0 unspecified atom stereocenters. The van der Waals surface area contributed by atoms with Gasteiger partial charge in [0.2, 0.25) is 0 Å². The minimum absolute atomic E-state index is 0.0550. The van der Waals surface area contributed by atoms with Gasteiger partial charge < -0.3 is 4.98 Å². The molecule has 3 rings (SSSR count). The van der Waals surface area contributed by atoms with Crippen molar-refractivity contribution in [2.45, 2.75) is 10.8 Å². The molecular formula is C18H14F4N2O2S. The van der Waals surface area contributed by atoms with Crippen molar-refractivity contribution in [3.63, 3.8) is 0 Å². The van der Waals surface area contributed by atoms with Crippen LogP contribution in [0.2, 0.25) is 0 Å². The topological polar surface area (TPSA) is 62.8 Å². The Morgan fingerprint density at radius 2 is 1.56 bits per heavy atom. The molecule has 1 N–H and O–H groups in total. The Balaban J connectivity index is 2.17. The summed E-state index contributed by atoms with van der Waals surface area (Å²) >= 11 is 0. The van der Waals surface area contributed by atoms with E-state index in [9.17, 15) is 26.0 Å². The number of hydrogen-bond donors (Lipinski definition) is 1. The summed E-state index contributed by atoms with van der Waals surface area (Å²) in [6.07, 6.45) is 1.04. The summed E-state index contributed by atoms with van der Waals surface area (Å²) in [5.74, 6) is -5.20. The second-order valence-corrected chi connectivity index (χ2v) is 7.97. The highest BCUT2D eigenvalue weighted by molar-refractivity contribution is 7.90. The lowest BCUT2D eigenvalue weighted by Crippen LogP contribution is -2.17. The molecule has 0 saturated heterocycles. The van der Waals surface area contributed by atoms with Crippen LogP contribution < -0.4 is 0 Å². The monoisotopic (exact) mass is 398 g/mol. The normalized spacial score (nSPS) is 12.3. The number of nitrogens with one attached hydrogen (secondary N) is 1. The van der Waals surface area contributed by atoms with E-state index in [1.54, 1.807) is 0 Å². The first kappa shape index (κ1) is 19.1. The molecule has 0 aliphatic heterocycles. The lowest BCUT2D eigenvalue weighted by molar-refractivity contribution is -0.0357. The summed E-state index contributed by atoms with van der Waals surface area (Å²) in [4.78, 5) is 6.29. The van der Waals surface area contributed by atoms with E-state index < -0.39 is 34.1 Å². The van der Waals surface area contributed by atoms with Crippen molar-refractivity contribution in [1.29, 1.82) is 0 Å². The van der Waals surface area contributed by atoms with Gasteiger partial charge in [0.1, 0.15) is 5.82 Å². The molecule has 0 atom stereocenters. The standard InChI is InChI=1S/C18H14F4N2O2S/c1-27(25,26)14-8-4-12(5-9-14)16-15(11-2-6-13(20)7-3-11)23-17(24-16)18(21,22)10-19/h2-9H,10H2,1H3,(H,23,24). The molecule has 1 heterocycles. The van der Waals surface area contributed by atoms with E-state index in [1.807, 2.05) is 0 Å². The van der Waals surface area contributed by atoms with Crippen molar-refractivity contribution in [1.82, 2.24) is 9.97 Å². The van der Waals surface area contributed by atoms with Crippen LogP contribution in [0.15, 0.2) is 53.4 Å². The van der Waals surface area contributed by atoms with Gasteiger partial charge in [-0.1, -0.05) is 12.1 Å². The number of benzene rings is 2. The Labute approximate surface area is 152 Å². The van der Waals surface area contributed by atoms with Gasteiger partial charge >= 0.3 is 5.92 Å². The summed E-state index contributed by atoms with van der Waals surface area (Å²) in [6, 6.07) is 10.5. The molecule has 0 fully saturated rings. The molecule has 3 aromatic rings. The molecule has 9 heteroatoms. The van der Waals surface area contributed by atoms with Gasteiger partial charge in [0.15, 0.2) is 22.3 Å². The fraction of sp³-hybridized carbons (Fsp3) is 0.167. The third kappa shape index (κ3) is 3.87. The van der Waals surface area contributed by atoms with E-state index in [0.29, 0.717) is 11.1 Å². The Kier molecular flexibility index (Phi) is 4.81. The first-order valence-corrected chi connectivity index (χ1v) is 9.61. The van der Waals surface area contributed by atoms with Gasteiger partial charge in [-0.2, -0.15) is 8.78 Å². The van der Waals surface area contributed by atoms with Crippen LogP contribution in [0, 0.1) is 5.82 Å². The van der Waals surface area contributed by atoms with Crippen molar-refractivity contribution >= 4 is 9.84 Å². The van der Waals surface area contributed by atoms with Crippen LogP contribution in [0.5, 0.6) is 0 Å². The van der Waals surface area contributed by atoms with Gasteiger partial charge in [0, 0.05) is 17.4 Å². The van der Waals surface area contributed by atoms with Gasteiger partial charge in [-0.05, 0) is 36.4 Å². The maximum atomic E-state index is 13.8. The minimum atomic E-state index is -3.82. The van der Waals surface area contributed by atoms with Gasteiger partial charge in [-0.25, -0.2) is 22.2 Å². The van der Waals surface area contributed by atoms with Crippen LogP contribution in [0.3, 0.4) is 0 Å². The average Bonchev–Trinajstić information content (AvgIpc) is 3.08. The summed E-state index contributed by atoms with van der Waals surface area (Å²) in [5, 5.41) is 0. The van der Waals surface area contributed by atoms with Crippen molar-refractivity contribution in [2.75, 3.05) is 12.9 Å². The number of imidazole rings is 1. The van der Waals surface area contributed by atoms with E-state index in [2.05, 4.69) is 9.97 Å². The first-order chi connectivity index (χ1) is 12.6. The molecule has 0 aliphatic rings. The number of H-pyrrole nitrogens is 1. The summed E-state index contributed by atoms with van der Waals surface area (Å²) in [7, 11) is -3.43. The zero-order chi connectivity index (χ0) is 19.8. The van der Waals surface area contributed by atoms with Crippen LogP contribution in [0.1, 0.15) is 5.82 Å². The molecule has 4 nitrogen and oxygen atoms in total. The number of hydrogen-bond acceptors (Lipinski definition) is 3. The maximum absolute atomic E-state index is 13.8. The highest BCUT2D eigenvalue weighted by atomic mass is 32.2. The Morgan fingerprint density at radius 1 is 1.00 bits per heavy atom. The molecule has 0 saturated carbocycles. The van der Waals surface area contributed by atoms with Crippen molar-refractivity contribution in [3.05, 3.63) is 60.2 Å². The van der Waals surface area contributed by atoms with Crippen LogP contribution in [0.4, 0.5) is 17.6 Å². The molecule has 0 spiro atoms. The van der Waals surface area contributed by atoms with Crippen molar-refractivity contribution < 1.29 is 26.0 Å². The molecule has 0 bridgehead atoms. The number of alkyl halides is 3. The number of sulfone groups is 1. The van der Waals surface area contributed by atoms with Gasteiger partial charge in [0.25, 0.3) is 0 Å². The predicted molar refractivity (Wildman–Crippen MR) is 92.4 cm³/mol. The average molecular weight is 398 g/mol. The zero-order valence-corrected chi connectivity index (χ0v) is 14.8. The minimum Gasteiger partial charge on any atom is -0.336 e. The molecular weight excluding hydrogens is 384 g/mol. The number of aromatic nitrogens is 2. The Bertz CT molecular complexity index is 1060. The van der Waals surface area contributed by atoms with Crippen LogP contribution in [-0.4, -0.2) is 31.3 Å². The molecule has 0 radical (unpaired) electrons. The third-order valence-corrected chi connectivity index (χ3v) is 5.04. The van der Waals surface area contributed by atoms with E-state index in [0.717, 1.165) is 18.4 Å². The molecule has 1 aromatic heterocycles. The van der Waals surface area contributed by atoms with Crippen LogP contribution in [-0.2, 0) is 15.8 Å². The highest BCUT2D eigenvalue weighted by Crippen LogP contribution is 2.35. The summed E-state index contributed by atoms with van der Waals surface area (Å²) in [5.41, 5.74) is 0.931. The fourth-order valence-electron chi connectivity index (χ4n) is 2.50. The van der Waals surface area contributed by atoms with E-state index in [-0.39, 0.29) is 16.3 Å². The maximum Gasteiger partial charge on any atom is 0.332 e. The lowest BCUT2D eigenvalue weighted by atomic mass is 10.1. The van der Waals surface area contributed by atoms with E-state index >= 15 is 0 Å². The molecule has 0 aliphatic carbocycles. The van der Waals surface area contributed by atoms with Crippen LogP contribution in [0.25, 0.3) is 22.5 Å². The summed E-state index contributed by atoms with van der Waals surface area (Å²) in [6.45, 7) is -1.93. The van der Waals surface area contributed by atoms with Crippen molar-refractivity contribution in [3.8, 4) is 22.5 Å². The smallest absolute Gasteiger partial charge is 0.332 e. The third-order valence-electron chi connectivity index (χ3n) is 3.91. The van der Waals surface area contributed by atoms with Crippen LogP contribution >= 0.6 is 0 Å². The highest BCUT2D eigenvalue weighted by Gasteiger charge is 2.36. The lowest BCUT2D eigenvalue weighted by Gasteiger charge is -2.07. The Hall–Kier alpha value is -2.68. The SMILES string of the molecule is CS(=O)(=O)c1ccc(-c2nc(C(F)(F)CF)[nH]c2-c2ccc(F)cc2)cc1. The second kappa shape index (κ2) is 6.80. The van der Waals surface area contributed by atoms with Gasteiger partial charge in [-0.3, -0.25) is 0 Å². The zero-order valence-electron chi connectivity index (χ0n) is 14.0. The van der Waals surface area contributed by atoms with Gasteiger partial charge in [-0.15, -0.1) is 0 Å². The number of aromatic amines is 1. The second-order valence-electron chi connectivity index (χ2n) is 5.95. The largest absolute Gasteiger partial charge is 0.336 e. The molecule has 27 heavy (non-hydrogen) atoms. The van der Waals surface area contributed by atoms with Crippen molar-refractivity contribution in [2.24, 2.45) is 0 Å². The first-order valence-electron chi connectivity index (χ1n) is 7.72. The number of nitrogens with zero attached hydrogens (tertiary/aromatic N) is 1. The number of rotatable bonds is 5. The van der Waals surface area contributed by atoms with E-state index in [1.165, 1.54) is 36.4 Å².